The number of thiophene rings is 1. The molecule has 0 spiro atoms. The highest BCUT2D eigenvalue weighted by molar-refractivity contribution is 7.17. The molecule has 1 saturated heterocycles. The van der Waals surface area contributed by atoms with Gasteiger partial charge in [-0.15, -0.1) is 11.3 Å². The number of rotatable bonds is 5. The lowest BCUT2D eigenvalue weighted by molar-refractivity contribution is -0.141. The molecule has 2 N–H and O–H groups in total. The Labute approximate surface area is 163 Å². The monoisotopic (exact) mass is 409 g/mol. The number of hydrogen-bond acceptors (Lipinski definition) is 7. The fraction of sp³-hybridized carbons (Fsp3) is 0.389. The minimum absolute atomic E-state index is 0.222. The summed E-state index contributed by atoms with van der Waals surface area (Å²) < 4.78 is 38.7. The number of anilines is 1. The summed E-state index contributed by atoms with van der Waals surface area (Å²) in [6.07, 6.45) is -2.00. The summed E-state index contributed by atoms with van der Waals surface area (Å²) in [6.45, 7) is 1.86. The third-order valence-electron chi connectivity index (χ3n) is 4.63. The molecular weight excluding hydrogens is 391 g/mol. The van der Waals surface area contributed by atoms with Gasteiger partial charge in [-0.25, -0.2) is 9.97 Å². The van der Waals surface area contributed by atoms with Crippen LogP contribution in [0.25, 0.3) is 10.2 Å². The van der Waals surface area contributed by atoms with E-state index in [1.54, 1.807) is 0 Å². The Morgan fingerprint density at radius 1 is 1.18 bits per heavy atom. The molecule has 10 heteroatoms. The van der Waals surface area contributed by atoms with Gasteiger partial charge in [0, 0.05) is 25.8 Å². The van der Waals surface area contributed by atoms with E-state index >= 15 is 0 Å². The molecule has 1 unspecified atom stereocenters. The number of fused-ring (bicyclic) bond motifs is 1. The van der Waals surface area contributed by atoms with Crippen molar-refractivity contribution in [2.45, 2.75) is 31.8 Å². The number of aliphatic hydroxyl groups is 1. The van der Waals surface area contributed by atoms with Gasteiger partial charge in [0.2, 0.25) is 5.95 Å². The Hall–Kier alpha value is -2.30. The molecule has 0 aromatic carbocycles. The molecule has 0 aliphatic carbocycles. The van der Waals surface area contributed by atoms with Crippen LogP contribution in [-0.4, -0.2) is 38.0 Å². The van der Waals surface area contributed by atoms with E-state index in [0.29, 0.717) is 17.2 Å². The number of likely N-dealkylation sites (tertiary alicyclic amines) is 1. The van der Waals surface area contributed by atoms with Crippen LogP contribution < -0.4 is 5.32 Å². The van der Waals surface area contributed by atoms with Crippen LogP contribution in [0.4, 0.5) is 19.1 Å². The third-order valence-corrected chi connectivity index (χ3v) is 5.55. The van der Waals surface area contributed by atoms with Crippen molar-refractivity contribution in [2.75, 3.05) is 18.4 Å². The van der Waals surface area contributed by atoms with E-state index in [1.165, 1.54) is 23.6 Å². The zero-order chi connectivity index (χ0) is 19.7. The maximum absolute atomic E-state index is 12.6. The van der Waals surface area contributed by atoms with Crippen LogP contribution in [0.15, 0.2) is 29.8 Å². The predicted molar refractivity (Wildman–Crippen MR) is 99.7 cm³/mol. The minimum Gasteiger partial charge on any atom is -0.372 e. The molecule has 4 heterocycles. The largest absolute Gasteiger partial charge is 0.433 e. The maximum Gasteiger partial charge on any atom is 0.433 e. The second-order valence-corrected chi connectivity index (χ2v) is 7.50. The Balaban J connectivity index is 1.54. The second-order valence-electron chi connectivity index (χ2n) is 6.59. The van der Waals surface area contributed by atoms with Gasteiger partial charge in [0.25, 0.3) is 0 Å². The number of nitrogens with one attached hydrogen (secondary N) is 1. The molecule has 3 aromatic rings. The summed E-state index contributed by atoms with van der Waals surface area (Å²) in [4.78, 5) is 14.3. The molecule has 0 amide bonds. The fourth-order valence-corrected chi connectivity index (χ4v) is 4.02. The van der Waals surface area contributed by atoms with E-state index in [2.05, 4.69) is 20.3 Å². The number of halogens is 3. The quantitative estimate of drug-likeness (QED) is 0.668. The van der Waals surface area contributed by atoms with Crippen LogP contribution in [0.5, 0.6) is 0 Å². The molecular formula is C18H18F3N5OS. The van der Waals surface area contributed by atoms with Gasteiger partial charge in [0.15, 0.2) is 6.23 Å². The van der Waals surface area contributed by atoms with E-state index in [4.69, 9.17) is 0 Å². The van der Waals surface area contributed by atoms with Crippen LogP contribution in [0.3, 0.4) is 0 Å². The van der Waals surface area contributed by atoms with Crippen molar-refractivity contribution in [1.29, 1.82) is 0 Å². The normalized spacial score (nSPS) is 16.6. The number of aromatic nitrogens is 3. The zero-order valence-electron chi connectivity index (χ0n) is 14.8. The first-order chi connectivity index (χ1) is 13.4. The van der Waals surface area contributed by atoms with Crippen LogP contribution in [-0.2, 0) is 12.7 Å². The predicted octanol–water partition coefficient (Wildman–Crippen LogP) is 3.80. The highest BCUT2D eigenvalue weighted by Gasteiger charge is 2.32. The molecule has 1 fully saturated rings. The summed E-state index contributed by atoms with van der Waals surface area (Å²) in [5.41, 5.74) is 0.920. The SMILES string of the molecule is OC(c1nc(NCc2ccc(C(F)(F)F)nc2)nc2ccsc12)N1CCCC1. The maximum atomic E-state index is 12.6. The van der Waals surface area contributed by atoms with Gasteiger partial charge in [-0.2, -0.15) is 13.2 Å². The summed E-state index contributed by atoms with van der Waals surface area (Å²) in [5, 5.41) is 15.7. The Kier molecular flexibility index (Phi) is 5.17. The number of hydrogen-bond donors (Lipinski definition) is 2. The van der Waals surface area contributed by atoms with Gasteiger partial charge in [-0.1, -0.05) is 6.07 Å². The topological polar surface area (TPSA) is 74.2 Å². The summed E-state index contributed by atoms with van der Waals surface area (Å²) in [7, 11) is 0. The zero-order valence-corrected chi connectivity index (χ0v) is 15.6. The lowest BCUT2D eigenvalue weighted by atomic mass is 10.2. The van der Waals surface area contributed by atoms with Gasteiger partial charge in [0.05, 0.1) is 10.2 Å². The second kappa shape index (κ2) is 7.61. The molecule has 0 saturated carbocycles. The van der Waals surface area contributed by atoms with Crippen LogP contribution in [0.1, 0.15) is 36.0 Å². The van der Waals surface area contributed by atoms with E-state index in [0.717, 1.165) is 42.2 Å². The molecule has 1 aliphatic rings. The molecule has 1 aliphatic heterocycles. The lowest BCUT2D eigenvalue weighted by Crippen LogP contribution is -2.26. The van der Waals surface area contributed by atoms with Crippen molar-refractivity contribution in [3.8, 4) is 0 Å². The van der Waals surface area contributed by atoms with Crippen LogP contribution in [0, 0.1) is 0 Å². The molecule has 3 aromatic heterocycles. The molecule has 4 rings (SSSR count). The smallest absolute Gasteiger partial charge is 0.372 e. The number of alkyl halides is 3. The van der Waals surface area contributed by atoms with Gasteiger partial charge in [0.1, 0.15) is 11.4 Å². The highest BCUT2D eigenvalue weighted by Crippen LogP contribution is 2.31. The van der Waals surface area contributed by atoms with Crippen LogP contribution in [0.2, 0.25) is 0 Å². The van der Waals surface area contributed by atoms with Crippen molar-refractivity contribution < 1.29 is 18.3 Å². The first-order valence-corrected chi connectivity index (χ1v) is 9.73. The molecule has 0 bridgehead atoms. The van der Waals surface area contributed by atoms with E-state index in [1.807, 2.05) is 16.3 Å². The third kappa shape index (κ3) is 3.94. The van der Waals surface area contributed by atoms with Gasteiger partial charge < -0.3 is 10.4 Å². The first kappa shape index (κ1) is 19.0. The molecule has 148 valence electrons. The molecule has 0 radical (unpaired) electrons. The Morgan fingerprint density at radius 2 is 1.96 bits per heavy atom. The van der Waals surface area contributed by atoms with Crippen molar-refractivity contribution >= 4 is 27.5 Å². The van der Waals surface area contributed by atoms with Crippen molar-refractivity contribution in [3.63, 3.8) is 0 Å². The standard InChI is InChI=1S/C18H18F3N5OS/c19-18(20,21)13-4-3-11(9-22-13)10-23-17-24-12-5-8-28-15(12)14(25-17)16(27)26-6-1-2-7-26/h3-5,8-9,16,27H,1-2,6-7,10H2,(H,23,24,25). The van der Waals surface area contributed by atoms with Crippen molar-refractivity contribution in [3.05, 3.63) is 46.7 Å². The minimum atomic E-state index is -4.46. The van der Waals surface area contributed by atoms with Gasteiger partial charge in [-0.05, 0) is 35.9 Å². The van der Waals surface area contributed by atoms with Gasteiger partial charge >= 0.3 is 6.18 Å². The summed E-state index contributed by atoms with van der Waals surface area (Å²) in [5.74, 6) is 0.319. The van der Waals surface area contributed by atoms with Crippen molar-refractivity contribution in [1.82, 2.24) is 19.9 Å². The molecule has 28 heavy (non-hydrogen) atoms. The highest BCUT2D eigenvalue weighted by atomic mass is 32.1. The average Bonchev–Trinajstić information content (AvgIpc) is 3.36. The summed E-state index contributed by atoms with van der Waals surface area (Å²) >= 11 is 1.47. The number of nitrogens with zero attached hydrogens (tertiary/aromatic N) is 4. The Morgan fingerprint density at radius 3 is 2.64 bits per heavy atom. The van der Waals surface area contributed by atoms with Crippen LogP contribution >= 0.6 is 11.3 Å². The Bertz CT molecular complexity index is 954. The molecule has 1 atom stereocenters. The van der Waals surface area contributed by atoms with E-state index < -0.39 is 18.1 Å². The lowest BCUT2D eigenvalue weighted by Gasteiger charge is -2.22. The van der Waals surface area contributed by atoms with E-state index in [9.17, 15) is 18.3 Å². The fourth-order valence-electron chi connectivity index (χ4n) is 3.18. The summed E-state index contributed by atoms with van der Waals surface area (Å²) in [6, 6.07) is 4.17. The number of aliphatic hydroxyl groups excluding tert-OH is 1. The van der Waals surface area contributed by atoms with Crippen molar-refractivity contribution in [2.24, 2.45) is 0 Å². The van der Waals surface area contributed by atoms with E-state index in [-0.39, 0.29) is 6.54 Å². The first-order valence-electron chi connectivity index (χ1n) is 8.85. The molecule has 6 nitrogen and oxygen atoms in total. The average molecular weight is 409 g/mol. The number of pyridine rings is 1. The van der Waals surface area contributed by atoms with Gasteiger partial charge in [-0.3, -0.25) is 9.88 Å².